The number of anilines is 2. The summed E-state index contributed by atoms with van der Waals surface area (Å²) < 4.78 is 27.4. The highest BCUT2D eigenvalue weighted by Crippen LogP contribution is 2.25. The molecule has 0 aromatic heterocycles. The van der Waals surface area contributed by atoms with Gasteiger partial charge in [0, 0.05) is 37.0 Å². The second-order valence-electron chi connectivity index (χ2n) is 7.53. The summed E-state index contributed by atoms with van der Waals surface area (Å²) in [6, 6.07) is 12.5. The second-order valence-corrected chi connectivity index (χ2v) is 9.47. The zero-order chi connectivity index (χ0) is 22.6. The predicted molar refractivity (Wildman–Crippen MR) is 117 cm³/mol. The molecule has 1 fully saturated rings. The molecule has 2 N–H and O–H groups in total. The van der Waals surface area contributed by atoms with Crippen LogP contribution in [0.4, 0.5) is 11.4 Å². The van der Waals surface area contributed by atoms with Gasteiger partial charge in [0.2, 0.25) is 21.8 Å². The Kier molecular flexibility index (Phi) is 6.87. The molecule has 1 saturated heterocycles. The van der Waals surface area contributed by atoms with E-state index in [0.717, 1.165) is 0 Å². The highest BCUT2D eigenvalue weighted by molar-refractivity contribution is 7.89. The van der Waals surface area contributed by atoms with E-state index in [-0.39, 0.29) is 29.0 Å². The first-order valence-corrected chi connectivity index (χ1v) is 11.4. The summed E-state index contributed by atoms with van der Waals surface area (Å²) in [5, 5.41) is 5.40. The molecule has 8 nitrogen and oxygen atoms in total. The van der Waals surface area contributed by atoms with Crippen LogP contribution in [0, 0.1) is 5.92 Å². The van der Waals surface area contributed by atoms with Crippen LogP contribution in [-0.2, 0) is 19.6 Å². The minimum absolute atomic E-state index is 0.0592. The van der Waals surface area contributed by atoms with Crippen LogP contribution in [0.25, 0.3) is 0 Å². The zero-order valence-corrected chi connectivity index (χ0v) is 18.2. The fourth-order valence-corrected chi connectivity index (χ4v) is 4.99. The molecule has 0 bridgehead atoms. The molecule has 31 heavy (non-hydrogen) atoms. The predicted octanol–water partition coefficient (Wildman–Crippen LogP) is 2.89. The summed E-state index contributed by atoms with van der Waals surface area (Å²) in [6.07, 6.45) is 1.16. The molecule has 0 radical (unpaired) electrons. The minimum Gasteiger partial charge on any atom is -0.326 e. The lowest BCUT2D eigenvalue weighted by Crippen LogP contribution is -2.43. The van der Waals surface area contributed by atoms with E-state index in [1.54, 1.807) is 24.3 Å². The first kappa shape index (κ1) is 22.6. The van der Waals surface area contributed by atoms with Gasteiger partial charge in [-0.1, -0.05) is 0 Å². The van der Waals surface area contributed by atoms with Crippen molar-refractivity contribution in [2.75, 3.05) is 23.7 Å². The summed E-state index contributed by atoms with van der Waals surface area (Å²) in [6.45, 7) is 3.28. The van der Waals surface area contributed by atoms with Crippen molar-refractivity contribution in [2.24, 2.45) is 5.92 Å². The van der Waals surface area contributed by atoms with E-state index in [1.807, 2.05) is 0 Å². The van der Waals surface area contributed by atoms with Gasteiger partial charge < -0.3 is 10.6 Å². The molecule has 0 aliphatic carbocycles. The van der Waals surface area contributed by atoms with Crippen LogP contribution in [0.2, 0.25) is 0 Å². The van der Waals surface area contributed by atoms with Crippen molar-refractivity contribution in [3.05, 3.63) is 54.1 Å². The highest BCUT2D eigenvalue weighted by Gasteiger charge is 2.33. The number of hydrogen-bond acceptors (Lipinski definition) is 5. The Morgan fingerprint density at radius 3 is 2.06 bits per heavy atom. The van der Waals surface area contributed by atoms with Gasteiger partial charge in [-0.25, -0.2) is 8.42 Å². The molecule has 1 atom stereocenters. The smallest absolute Gasteiger partial charge is 0.243 e. The maximum atomic E-state index is 13.0. The first-order valence-electron chi connectivity index (χ1n) is 9.96. The molecule has 164 valence electrons. The van der Waals surface area contributed by atoms with Crippen molar-refractivity contribution in [1.29, 1.82) is 0 Å². The molecule has 1 unspecified atom stereocenters. The maximum absolute atomic E-state index is 13.0. The second kappa shape index (κ2) is 9.40. The number of ketones is 1. The standard InChI is InChI=1S/C22H25N3O5S/c1-15(26)17-5-7-20(8-6-17)24-22(28)18-4-3-13-25(14-18)31(29,30)21-11-9-19(10-12-21)23-16(2)27/h5-12,18H,3-4,13-14H2,1-2H3,(H,23,27)(H,24,28). The summed E-state index contributed by atoms with van der Waals surface area (Å²) in [5.74, 6) is -1.03. The topological polar surface area (TPSA) is 113 Å². The van der Waals surface area contributed by atoms with Crippen molar-refractivity contribution in [1.82, 2.24) is 4.31 Å². The van der Waals surface area contributed by atoms with Crippen LogP contribution in [0.3, 0.4) is 0 Å². The first-order chi connectivity index (χ1) is 14.7. The quantitative estimate of drug-likeness (QED) is 0.667. The molecule has 2 aromatic rings. The van der Waals surface area contributed by atoms with Crippen molar-refractivity contribution in [3.8, 4) is 0 Å². The fourth-order valence-electron chi connectivity index (χ4n) is 3.47. The number of benzene rings is 2. The van der Waals surface area contributed by atoms with Crippen LogP contribution in [0.15, 0.2) is 53.4 Å². The van der Waals surface area contributed by atoms with E-state index >= 15 is 0 Å². The molecule has 3 rings (SSSR count). The van der Waals surface area contributed by atoms with Crippen LogP contribution < -0.4 is 10.6 Å². The number of amides is 2. The molecule has 0 spiro atoms. The summed E-state index contributed by atoms with van der Waals surface area (Å²) in [4.78, 5) is 35.3. The zero-order valence-electron chi connectivity index (χ0n) is 17.4. The van der Waals surface area contributed by atoms with Gasteiger partial charge in [0.25, 0.3) is 0 Å². The van der Waals surface area contributed by atoms with Gasteiger partial charge >= 0.3 is 0 Å². The number of nitrogens with zero attached hydrogens (tertiary/aromatic N) is 1. The molecular weight excluding hydrogens is 418 g/mol. The number of Topliss-reactive ketones (excluding diaryl/α,β-unsaturated/α-hetero) is 1. The molecule has 1 aliphatic rings. The molecule has 2 amide bonds. The third kappa shape index (κ3) is 5.56. The summed E-state index contributed by atoms with van der Waals surface area (Å²) in [5.41, 5.74) is 1.62. The van der Waals surface area contributed by atoms with Gasteiger partial charge in [-0.15, -0.1) is 0 Å². The Labute approximate surface area is 181 Å². The summed E-state index contributed by atoms with van der Waals surface area (Å²) >= 11 is 0. The average molecular weight is 444 g/mol. The van der Waals surface area contributed by atoms with E-state index in [2.05, 4.69) is 10.6 Å². The molecule has 1 heterocycles. The fraction of sp³-hybridized carbons (Fsp3) is 0.318. The molecule has 2 aromatic carbocycles. The maximum Gasteiger partial charge on any atom is 0.243 e. The van der Waals surface area contributed by atoms with Gasteiger partial charge in [-0.05, 0) is 68.3 Å². The number of hydrogen-bond donors (Lipinski definition) is 2. The Balaban J connectivity index is 1.67. The van der Waals surface area contributed by atoms with E-state index in [0.29, 0.717) is 36.3 Å². The average Bonchev–Trinajstić information content (AvgIpc) is 2.74. The van der Waals surface area contributed by atoms with Crippen LogP contribution in [0.1, 0.15) is 37.0 Å². The lowest BCUT2D eigenvalue weighted by atomic mass is 9.98. The summed E-state index contributed by atoms with van der Waals surface area (Å²) in [7, 11) is -3.76. The molecular formula is C22H25N3O5S. The largest absolute Gasteiger partial charge is 0.326 e. The van der Waals surface area contributed by atoms with Crippen molar-refractivity contribution < 1.29 is 22.8 Å². The number of carbonyl (C=O) groups excluding carboxylic acids is 3. The van der Waals surface area contributed by atoms with Gasteiger partial charge in [0.1, 0.15) is 0 Å². The van der Waals surface area contributed by atoms with E-state index in [1.165, 1.54) is 42.4 Å². The van der Waals surface area contributed by atoms with Crippen LogP contribution >= 0.6 is 0 Å². The molecule has 9 heteroatoms. The Morgan fingerprint density at radius 2 is 1.48 bits per heavy atom. The van der Waals surface area contributed by atoms with E-state index in [4.69, 9.17) is 0 Å². The van der Waals surface area contributed by atoms with Gasteiger partial charge in [0.15, 0.2) is 5.78 Å². The Hall–Kier alpha value is -3.04. The lowest BCUT2D eigenvalue weighted by molar-refractivity contribution is -0.121. The number of piperidine rings is 1. The molecule has 0 saturated carbocycles. The monoisotopic (exact) mass is 443 g/mol. The van der Waals surface area contributed by atoms with Crippen molar-refractivity contribution in [2.45, 2.75) is 31.6 Å². The van der Waals surface area contributed by atoms with E-state index in [9.17, 15) is 22.8 Å². The van der Waals surface area contributed by atoms with Crippen molar-refractivity contribution >= 4 is 39.0 Å². The number of nitrogens with one attached hydrogen (secondary N) is 2. The normalized spacial score (nSPS) is 17.0. The van der Waals surface area contributed by atoms with E-state index < -0.39 is 15.9 Å². The van der Waals surface area contributed by atoms with Crippen LogP contribution in [-0.4, -0.2) is 43.4 Å². The highest BCUT2D eigenvalue weighted by atomic mass is 32.2. The minimum atomic E-state index is -3.76. The lowest BCUT2D eigenvalue weighted by Gasteiger charge is -2.31. The number of sulfonamides is 1. The number of carbonyl (C=O) groups is 3. The third-order valence-electron chi connectivity index (χ3n) is 5.13. The third-order valence-corrected chi connectivity index (χ3v) is 7.01. The number of rotatable bonds is 6. The SMILES string of the molecule is CC(=O)Nc1ccc(S(=O)(=O)N2CCCC(C(=O)Nc3ccc(C(C)=O)cc3)C2)cc1. The van der Waals surface area contributed by atoms with Crippen LogP contribution in [0.5, 0.6) is 0 Å². The van der Waals surface area contributed by atoms with Crippen molar-refractivity contribution in [3.63, 3.8) is 0 Å². The Bertz CT molecular complexity index is 1080. The van der Waals surface area contributed by atoms with Gasteiger partial charge in [0.05, 0.1) is 10.8 Å². The van der Waals surface area contributed by atoms with Gasteiger partial charge in [-0.3, -0.25) is 14.4 Å². The van der Waals surface area contributed by atoms with Gasteiger partial charge in [-0.2, -0.15) is 4.31 Å². The Morgan fingerprint density at radius 1 is 0.903 bits per heavy atom. The molecule has 1 aliphatic heterocycles.